The van der Waals surface area contributed by atoms with Crippen molar-refractivity contribution in [2.75, 3.05) is 13.7 Å². The molecule has 1 unspecified atom stereocenters. The predicted molar refractivity (Wildman–Crippen MR) is 131 cm³/mol. The average molecular weight is 489 g/mol. The van der Waals surface area contributed by atoms with E-state index in [1.165, 1.54) is 23.5 Å². The lowest BCUT2D eigenvalue weighted by atomic mass is 9.83. The molecule has 8 heteroatoms. The minimum atomic E-state index is -4.00. The molecule has 1 fully saturated rings. The van der Waals surface area contributed by atoms with Crippen molar-refractivity contribution in [1.29, 1.82) is 0 Å². The lowest BCUT2D eigenvalue weighted by molar-refractivity contribution is -0.162. The van der Waals surface area contributed by atoms with Crippen LogP contribution in [0, 0.1) is 5.92 Å². The molecule has 0 radical (unpaired) electrons. The van der Waals surface area contributed by atoms with Gasteiger partial charge in [-0.15, -0.1) is 0 Å². The van der Waals surface area contributed by atoms with Crippen LogP contribution in [0.2, 0.25) is 0 Å². The second-order valence-corrected chi connectivity index (χ2v) is 11.6. The van der Waals surface area contributed by atoms with Gasteiger partial charge >= 0.3 is 5.97 Å². The summed E-state index contributed by atoms with van der Waals surface area (Å²) in [4.78, 5) is 18.0. The molecule has 1 aliphatic carbocycles. The number of sulfonamides is 1. The Morgan fingerprint density at radius 3 is 2.32 bits per heavy atom. The number of benzene rings is 1. The van der Waals surface area contributed by atoms with Gasteiger partial charge in [-0.25, -0.2) is 8.42 Å². The third-order valence-corrected chi connectivity index (χ3v) is 7.93. The van der Waals surface area contributed by atoms with Gasteiger partial charge in [-0.3, -0.25) is 9.78 Å². The predicted octanol–water partition coefficient (Wildman–Crippen LogP) is 4.61. The second-order valence-electron chi connectivity index (χ2n) is 9.74. The van der Waals surface area contributed by atoms with Crippen LogP contribution in [-0.2, 0) is 26.0 Å². The lowest BCUT2D eigenvalue weighted by Crippen LogP contribution is -2.52. The Morgan fingerprint density at radius 1 is 1.09 bits per heavy atom. The van der Waals surface area contributed by atoms with Gasteiger partial charge in [0.25, 0.3) is 0 Å². The molecule has 1 heterocycles. The normalized spacial score (nSPS) is 16.3. The number of pyridine rings is 1. The van der Waals surface area contributed by atoms with Crippen LogP contribution in [-0.4, -0.2) is 49.0 Å². The third-order valence-electron chi connectivity index (χ3n) is 6.04. The summed E-state index contributed by atoms with van der Waals surface area (Å²) in [6.07, 6.45) is 6.70. The van der Waals surface area contributed by atoms with Crippen LogP contribution in [0.4, 0.5) is 0 Å². The molecular weight excluding hydrogens is 452 g/mol. The van der Waals surface area contributed by atoms with Crippen molar-refractivity contribution in [1.82, 2.24) is 9.29 Å². The molecule has 1 atom stereocenters. The molecule has 0 spiro atoms. The largest absolute Gasteiger partial charge is 0.497 e. The quantitative estimate of drug-likeness (QED) is 0.479. The summed E-state index contributed by atoms with van der Waals surface area (Å²) in [5, 5.41) is 0. The van der Waals surface area contributed by atoms with E-state index >= 15 is 0 Å². The standard InChI is InChI=1S/C26H36N2O5S/c1-26(2,3)33-25(29)24(20-10-6-5-7-11-20)28(19-17-21-12-8-9-18-27-21)34(30,31)23-15-13-22(32-4)14-16-23/h8-9,12-16,18,20,24H,5-7,10-11,17,19H2,1-4H3. The van der Waals surface area contributed by atoms with E-state index in [2.05, 4.69) is 4.98 Å². The summed E-state index contributed by atoms with van der Waals surface area (Å²) in [7, 11) is -2.46. The van der Waals surface area contributed by atoms with Gasteiger partial charge in [-0.1, -0.05) is 25.3 Å². The van der Waals surface area contributed by atoms with Crippen LogP contribution < -0.4 is 4.74 Å². The number of carbonyl (C=O) groups is 1. The highest BCUT2D eigenvalue weighted by Gasteiger charge is 2.43. The Bertz CT molecular complexity index is 1030. The first kappa shape index (κ1) is 26.2. The number of hydrogen-bond acceptors (Lipinski definition) is 6. The van der Waals surface area contributed by atoms with Crippen LogP contribution in [0.15, 0.2) is 53.6 Å². The summed E-state index contributed by atoms with van der Waals surface area (Å²) >= 11 is 0. The van der Waals surface area contributed by atoms with Crippen molar-refractivity contribution in [3.63, 3.8) is 0 Å². The Kier molecular flexibility index (Phi) is 8.71. The van der Waals surface area contributed by atoms with Gasteiger partial charge in [0.05, 0.1) is 12.0 Å². The Balaban J connectivity index is 2.03. The Hall–Kier alpha value is -2.45. The number of esters is 1. The minimum Gasteiger partial charge on any atom is -0.497 e. The van der Waals surface area contributed by atoms with Crippen LogP contribution in [0.1, 0.15) is 58.6 Å². The fourth-order valence-electron chi connectivity index (χ4n) is 4.42. The van der Waals surface area contributed by atoms with E-state index in [-0.39, 0.29) is 17.4 Å². The molecule has 2 aromatic rings. The topological polar surface area (TPSA) is 85.8 Å². The number of aromatic nitrogens is 1. The van der Waals surface area contributed by atoms with Crippen molar-refractivity contribution in [3.05, 3.63) is 54.4 Å². The average Bonchev–Trinajstić information content (AvgIpc) is 2.81. The van der Waals surface area contributed by atoms with Crippen molar-refractivity contribution in [2.45, 2.75) is 75.8 Å². The molecule has 7 nitrogen and oxygen atoms in total. The Morgan fingerprint density at radius 2 is 1.76 bits per heavy atom. The fourth-order valence-corrected chi connectivity index (χ4v) is 6.06. The van der Waals surface area contributed by atoms with E-state index in [1.54, 1.807) is 39.1 Å². The highest BCUT2D eigenvalue weighted by atomic mass is 32.2. The number of nitrogens with zero attached hydrogens (tertiary/aromatic N) is 2. The highest BCUT2D eigenvalue weighted by molar-refractivity contribution is 7.89. The summed E-state index contributed by atoms with van der Waals surface area (Å²) in [5.41, 5.74) is 0.0459. The molecule has 0 amide bonds. The first-order chi connectivity index (χ1) is 16.1. The molecule has 1 saturated carbocycles. The number of methoxy groups -OCH3 is 1. The highest BCUT2D eigenvalue weighted by Crippen LogP contribution is 2.34. The lowest BCUT2D eigenvalue weighted by Gasteiger charge is -2.37. The zero-order valence-electron chi connectivity index (χ0n) is 20.6. The molecule has 0 N–H and O–H groups in total. The molecule has 0 bridgehead atoms. The van der Waals surface area contributed by atoms with E-state index in [0.29, 0.717) is 12.2 Å². The van der Waals surface area contributed by atoms with Crippen LogP contribution >= 0.6 is 0 Å². The first-order valence-corrected chi connectivity index (χ1v) is 13.3. The second kappa shape index (κ2) is 11.3. The summed E-state index contributed by atoms with van der Waals surface area (Å²) < 4.78 is 40.2. The monoisotopic (exact) mass is 488 g/mol. The van der Waals surface area contributed by atoms with Gasteiger partial charge in [-0.2, -0.15) is 4.31 Å². The molecule has 1 aromatic heterocycles. The maximum atomic E-state index is 14.0. The van der Waals surface area contributed by atoms with Gasteiger partial charge in [0.15, 0.2) is 0 Å². The minimum absolute atomic E-state index is 0.0969. The van der Waals surface area contributed by atoms with Gasteiger partial charge in [0.2, 0.25) is 10.0 Å². The van der Waals surface area contributed by atoms with E-state index in [9.17, 15) is 13.2 Å². The van der Waals surface area contributed by atoms with E-state index in [1.807, 2.05) is 18.2 Å². The van der Waals surface area contributed by atoms with Crippen LogP contribution in [0.5, 0.6) is 5.75 Å². The van der Waals surface area contributed by atoms with Crippen molar-refractivity contribution in [2.24, 2.45) is 5.92 Å². The van der Waals surface area contributed by atoms with E-state index < -0.39 is 27.6 Å². The van der Waals surface area contributed by atoms with Crippen LogP contribution in [0.3, 0.4) is 0 Å². The molecule has 3 rings (SSSR count). The summed E-state index contributed by atoms with van der Waals surface area (Å²) in [6, 6.07) is 10.9. The van der Waals surface area contributed by atoms with Gasteiger partial charge in [-0.05, 0) is 75.9 Å². The fraction of sp³-hybridized carbons (Fsp3) is 0.538. The maximum absolute atomic E-state index is 14.0. The zero-order chi connectivity index (χ0) is 24.8. The maximum Gasteiger partial charge on any atom is 0.325 e. The molecule has 1 aliphatic rings. The molecular formula is C26H36N2O5S. The van der Waals surface area contributed by atoms with Gasteiger partial charge < -0.3 is 9.47 Å². The number of ether oxygens (including phenoxy) is 2. The SMILES string of the molecule is COc1ccc(S(=O)(=O)N(CCc2ccccn2)C(C(=O)OC(C)(C)C)C2CCCCC2)cc1. The third kappa shape index (κ3) is 6.79. The number of carbonyl (C=O) groups excluding carboxylic acids is 1. The molecule has 0 aliphatic heterocycles. The van der Waals surface area contributed by atoms with E-state index in [0.717, 1.165) is 37.8 Å². The molecule has 1 aromatic carbocycles. The summed E-state index contributed by atoms with van der Waals surface area (Å²) in [5.74, 6) is -0.0205. The van der Waals surface area contributed by atoms with Crippen LogP contribution in [0.25, 0.3) is 0 Å². The molecule has 0 saturated heterocycles. The summed E-state index contributed by atoms with van der Waals surface area (Å²) in [6.45, 7) is 5.54. The van der Waals surface area contributed by atoms with Gasteiger partial charge in [0.1, 0.15) is 17.4 Å². The number of hydrogen-bond donors (Lipinski definition) is 0. The molecule has 186 valence electrons. The van der Waals surface area contributed by atoms with Crippen molar-refractivity contribution >= 4 is 16.0 Å². The zero-order valence-corrected chi connectivity index (χ0v) is 21.4. The number of rotatable bonds is 9. The smallest absolute Gasteiger partial charge is 0.325 e. The van der Waals surface area contributed by atoms with E-state index in [4.69, 9.17) is 9.47 Å². The molecule has 34 heavy (non-hydrogen) atoms. The van der Waals surface area contributed by atoms with Gasteiger partial charge in [0, 0.05) is 24.9 Å². The van der Waals surface area contributed by atoms with Crippen molar-refractivity contribution < 1.29 is 22.7 Å². The first-order valence-electron chi connectivity index (χ1n) is 11.9. The van der Waals surface area contributed by atoms with Crippen molar-refractivity contribution in [3.8, 4) is 5.75 Å². The Labute approximate surface area is 203 Å².